The second kappa shape index (κ2) is 6.68. The standard InChI is InChI=1S/C13H12BrCl2N3/c14-10-4-2-1-3-8(10)5-12(19-17)13-11(16)6-9(15)7-18-13/h1-4,6-7,12,19H,5,17H2. The third kappa shape index (κ3) is 3.68. The van der Waals surface area contributed by atoms with Crippen molar-refractivity contribution in [3.63, 3.8) is 0 Å². The van der Waals surface area contributed by atoms with Gasteiger partial charge in [-0.1, -0.05) is 57.3 Å². The molecule has 1 atom stereocenters. The highest BCUT2D eigenvalue weighted by Crippen LogP contribution is 2.27. The molecule has 3 N–H and O–H groups in total. The number of rotatable bonds is 4. The van der Waals surface area contributed by atoms with E-state index in [-0.39, 0.29) is 6.04 Å². The lowest BCUT2D eigenvalue weighted by Gasteiger charge is -2.17. The molecule has 2 rings (SSSR count). The molecule has 1 heterocycles. The molecule has 0 saturated carbocycles. The molecule has 6 heteroatoms. The van der Waals surface area contributed by atoms with Gasteiger partial charge in [-0.25, -0.2) is 0 Å². The predicted molar refractivity (Wildman–Crippen MR) is 82.2 cm³/mol. The normalized spacial score (nSPS) is 12.4. The fraction of sp³-hybridized carbons (Fsp3) is 0.154. The highest BCUT2D eigenvalue weighted by atomic mass is 79.9. The molecular weight excluding hydrogens is 349 g/mol. The average Bonchev–Trinajstić information content (AvgIpc) is 2.39. The molecule has 1 unspecified atom stereocenters. The average molecular weight is 361 g/mol. The second-order valence-electron chi connectivity index (χ2n) is 4.04. The molecule has 0 aliphatic heterocycles. The summed E-state index contributed by atoms with van der Waals surface area (Å²) >= 11 is 15.5. The lowest BCUT2D eigenvalue weighted by atomic mass is 10.0. The van der Waals surface area contributed by atoms with E-state index in [9.17, 15) is 0 Å². The maximum Gasteiger partial charge on any atom is 0.0777 e. The summed E-state index contributed by atoms with van der Waals surface area (Å²) in [6, 6.07) is 9.44. The first-order valence-corrected chi connectivity index (χ1v) is 7.17. The molecule has 0 radical (unpaired) electrons. The van der Waals surface area contributed by atoms with Crippen molar-refractivity contribution < 1.29 is 0 Å². The fourth-order valence-electron chi connectivity index (χ4n) is 1.80. The van der Waals surface area contributed by atoms with E-state index in [1.807, 2.05) is 24.3 Å². The number of nitrogens with two attached hydrogens (primary N) is 1. The number of hydrazine groups is 1. The van der Waals surface area contributed by atoms with Crippen LogP contribution in [-0.2, 0) is 6.42 Å². The van der Waals surface area contributed by atoms with Gasteiger partial charge in [-0.3, -0.25) is 16.3 Å². The summed E-state index contributed by atoms with van der Waals surface area (Å²) in [5.74, 6) is 5.61. The smallest absolute Gasteiger partial charge is 0.0777 e. The van der Waals surface area contributed by atoms with E-state index >= 15 is 0 Å². The molecule has 0 fully saturated rings. The first-order valence-electron chi connectivity index (χ1n) is 5.62. The van der Waals surface area contributed by atoms with Crippen molar-refractivity contribution in [1.82, 2.24) is 10.4 Å². The van der Waals surface area contributed by atoms with Crippen LogP contribution < -0.4 is 11.3 Å². The maximum atomic E-state index is 6.15. The Morgan fingerprint density at radius 3 is 2.68 bits per heavy atom. The van der Waals surface area contributed by atoms with Crippen molar-refractivity contribution >= 4 is 39.1 Å². The molecule has 1 aromatic carbocycles. The monoisotopic (exact) mass is 359 g/mol. The van der Waals surface area contributed by atoms with Gasteiger partial charge >= 0.3 is 0 Å². The van der Waals surface area contributed by atoms with Crippen molar-refractivity contribution in [3.8, 4) is 0 Å². The number of nitrogens with zero attached hydrogens (tertiary/aromatic N) is 1. The van der Waals surface area contributed by atoms with Crippen LogP contribution in [0.2, 0.25) is 10.0 Å². The Morgan fingerprint density at radius 2 is 2.05 bits per heavy atom. The molecule has 1 aromatic heterocycles. The van der Waals surface area contributed by atoms with Crippen molar-refractivity contribution in [3.05, 3.63) is 62.3 Å². The summed E-state index contributed by atoms with van der Waals surface area (Å²) in [7, 11) is 0. The van der Waals surface area contributed by atoms with Crippen LogP contribution in [0.15, 0.2) is 41.0 Å². The molecule has 0 aliphatic carbocycles. The lowest BCUT2D eigenvalue weighted by Crippen LogP contribution is -2.30. The van der Waals surface area contributed by atoms with Gasteiger partial charge in [0.1, 0.15) is 0 Å². The van der Waals surface area contributed by atoms with Gasteiger partial charge in [0.2, 0.25) is 0 Å². The summed E-state index contributed by atoms with van der Waals surface area (Å²) in [5, 5.41) is 1.01. The topological polar surface area (TPSA) is 50.9 Å². The summed E-state index contributed by atoms with van der Waals surface area (Å²) in [5.41, 5.74) is 4.55. The SMILES string of the molecule is NNC(Cc1ccccc1Br)c1ncc(Cl)cc1Cl. The third-order valence-electron chi connectivity index (χ3n) is 2.75. The molecule has 0 saturated heterocycles. The van der Waals surface area contributed by atoms with Gasteiger partial charge in [-0.15, -0.1) is 0 Å². The van der Waals surface area contributed by atoms with E-state index in [0.717, 1.165) is 10.0 Å². The van der Waals surface area contributed by atoms with E-state index < -0.39 is 0 Å². The number of pyridine rings is 1. The Bertz CT molecular complexity index is 578. The quantitative estimate of drug-likeness (QED) is 0.642. The Hall–Kier alpha value is -0.650. The van der Waals surface area contributed by atoms with E-state index in [2.05, 4.69) is 26.3 Å². The van der Waals surface area contributed by atoms with E-state index in [1.165, 1.54) is 0 Å². The third-order valence-corrected chi connectivity index (χ3v) is 4.03. The molecule has 100 valence electrons. The van der Waals surface area contributed by atoms with Crippen LogP contribution in [0.5, 0.6) is 0 Å². The van der Waals surface area contributed by atoms with Crippen LogP contribution in [0.1, 0.15) is 17.3 Å². The van der Waals surface area contributed by atoms with Gasteiger partial charge in [0.15, 0.2) is 0 Å². The number of halogens is 3. The predicted octanol–water partition coefficient (Wildman–Crippen LogP) is 3.90. The molecule has 19 heavy (non-hydrogen) atoms. The van der Waals surface area contributed by atoms with E-state index in [1.54, 1.807) is 12.3 Å². The van der Waals surface area contributed by atoms with Crippen LogP contribution in [0.3, 0.4) is 0 Å². The number of aromatic nitrogens is 1. The van der Waals surface area contributed by atoms with Gasteiger partial charge in [0.25, 0.3) is 0 Å². The minimum absolute atomic E-state index is 0.177. The molecule has 3 nitrogen and oxygen atoms in total. The van der Waals surface area contributed by atoms with E-state index in [0.29, 0.717) is 22.2 Å². The number of benzene rings is 1. The summed E-state index contributed by atoms with van der Waals surface area (Å²) in [6.45, 7) is 0. The van der Waals surface area contributed by atoms with Gasteiger partial charge in [-0.2, -0.15) is 0 Å². The molecule has 2 aromatic rings. The first-order chi connectivity index (χ1) is 9.11. The summed E-state index contributed by atoms with van der Waals surface area (Å²) in [4.78, 5) is 4.25. The van der Waals surface area contributed by atoms with Gasteiger partial charge in [0, 0.05) is 10.7 Å². The highest BCUT2D eigenvalue weighted by Gasteiger charge is 2.17. The highest BCUT2D eigenvalue weighted by molar-refractivity contribution is 9.10. The van der Waals surface area contributed by atoms with Crippen LogP contribution in [0.4, 0.5) is 0 Å². The Morgan fingerprint density at radius 1 is 1.32 bits per heavy atom. The maximum absolute atomic E-state index is 6.15. The zero-order chi connectivity index (χ0) is 13.8. The van der Waals surface area contributed by atoms with Gasteiger partial charge in [-0.05, 0) is 24.1 Å². The zero-order valence-electron chi connectivity index (χ0n) is 9.91. The minimum Gasteiger partial charge on any atom is -0.271 e. The van der Waals surface area contributed by atoms with Crippen molar-refractivity contribution in [1.29, 1.82) is 0 Å². The first kappa shape index (κ1) is 14.8. The van der Waals surface area contributed by atoms with Crippen molar-refractivity contribution in [2.45, 2.75) is 12.5 Å². The Balaban J connectivity index is 2.28. The van der Waals surface area contributed by atoms with Crippen LogP contribution >= 0.6 is 39.1 Å². The minimum atomic E-state index is -0.177. The summed E-state index contributed by atoms with van der Waals surface area (Å²) in [6.07, 6.45) is 2.24. The zero-order valence-corrected chi connectivity index (χ0v) is 13.0. The van der Waals surface area contributed by atoms with Crippen molar-refractivity contribution in [2.75, 3.05) is 0 Å². The summed E-state index contributed by atoms with van der Waals surface area (Å²) < 4.78 is 1.03. The van der Waals surface area contributed by atoms with E-state index in [4.69, 9.17) is 29.0 Å². The molecule has 0 spiro atoms. The Kier molecular flexibility index (Phi) is 5.19. The molecule has 0 aliphatic rings. The number of nitrogens with one attached hydrogen (secondary N) is 1. The Labute approximate surface area is 130 Å². The fourth-order valence-corrected chi connectivity index (χ4v) is 2.76. The van der Waals surface area contributed by atoms with Crippen LogP contribution in [0.25, 0.3) is 0 Å². The largest absolute Gasteiger partial charge is 0.271 e. The van der Waals surface area contributed by atoms with Crippen molar-refractivity contribution in [2.24, 2.45) is 5.84 Å². The number of hydrogen-bond donors (Lipinski definition) is 2. The molecule has 0 amide bonds. The molecule has 0 bridgehead atoms. The molecular formula is C13H12BrCl2N3. The van der Waals surface area contributed by atoms with Crippen LogP contribution in [0, 0.1) is 0 Å². The van der Waals surface area contributed by atoms with Gasteiger partial charge < -0.3 is 0 Å². The number of hydrogen-bond acceptors (Lipinski definition) is 3. The van der Waals surface area contributed by atoms with Gasteiger partial charge in [0.05, 0.1) is 21.8 Å². The second-order valence-corrected chi connectivity index (χ2v) is 5.73. The lowest BCUT2D eigenvalue weighted by molar-refractivity contribution is 0.538. The van der Waals surface area contributed by atoms with Crippen LogP contribution in [-0.4, -0.2) is 4.98 Å².